The highest BCUT2D eigenvalue weighted by Gasteiger charge is 2.21. The SMILES string of the molecule is [CH2]CCCCCC[Si](C)(C)c1ccccc1. The van der Waals surface area contributed by atoms with E-state index in [1.165, 1.54) is 31.7 Å². The summed E-state index contributed by atoms with van der Waals surface area (Å²) in [5, 5.41) is 1.60. The first-order chi connectivity index (χ1) is 7.67. The fraction of sp³-hybridized carbons (Fsp3) is 0.533. The van der Waals surface area contributed by atoms with Gasteiger partial charge in [-0.2, -0.15) is 0 Å². The summed E-state index contributed by atoms with van der Waals surface area (Å²) in [6.07, 6.45) is 6.54. The molecule has 0 saturated heterocycles. The molecule has 1 heteroatoms. The number of hydrogen-bond donors (Lipinski definition) is 0. The highest BCUT2D eigenvalue weighted by atomic mass is 28.3. The summed E-state index contributed by atoms with van der Waals surface area (Å²) >= 11 is 0. The van der Waals surface area contributed by atoms with Gasteiger partial charge in [-0.15, -0.1) is 0 Å². The zero-order chi connectivity index (χ0) is 11.9. The number of hydrogen-bond acceptors (Lipinski definition) is 0. The van der Waals surface area contributed by atoms with Crippen molar-refractivity contribution in [1.82, 2.24) is 0 Å². The average molecular weight is 233 g/mol. The molecule has 1 aromatic carbocycles. The van der Waals surface area contributed by atoms with Gasteiger partial charge in [-0.1, -0.05) is 93.7 Å². The molecular weight excluding hydrogens is 208 g/mol. The van der Waals surface area contributed by atoms with Crippen molar-refractivity contribution in [1.29, 1.82) is 0 Å². The van der Waals surface area contributed by atoms with Crippen molar-refractivity contribution < 1.29 is 0 Å². The Bertz CT molecular complexity index is 277. The first-order valence-corrected chi connectivity index (χ1v) is 9.72. The summed E-state index contributed by atoms with van der Waals surface area (Å²) < 4.78 is 0. The van der Waals surface area contributed by atoms with E-state index in [9.17, 15) is 0 Å². The van der Waals surface area contributed by atoms with Crippen molar-refractivity contribution in [3.63, 3.8) is 0 Å². The lowest BCUT2D eigenvalue weighted by atomic mass is 10.2. The summed E-state index contributed by atoms with van der Waals surface area (Å²) in [7, 11) is -1.16. The van der Waals surface area contributed by atoms with Crippen molar-refractivity contribution in [3.05, 3.63) is 37.3 Å². The maximum absolute atomic E-state index is 3.89. The Morgan fingerprint density at radius 3 is 2.19 bits per heavy atom. The summed E-state index contributed by atoms with van der Waals surface area (Å²) in [5.41, 5.74) is 0. The van der Waals surface area contributed by atoms with Crippen molar-refractivity contribution in [2.24, 2.45) is 0 Å². The van der Waals surface area contributed by atoms with Gasteiger partial charge in [0.25, 0.3) is 0 Å². The highest BCUT2D eigenvalue weighted by Crippen LogP contribution is 2.15. The van der Waals surface area contributed by atoms with Gasteiger partial charge in [0.1, 0.15) is 0 Å². The minimum absolute atomic E-state index is 1.10. The molecule has 0 bridgehead atoms. The molecule has 0 nitrogen and oxygen atoms in total. The molecule has 0 aliphatic heterocycles. The molecule has 0 fully saturated rings. The van der Waals surface area contributed by atoms with Gasteiger partial charge >= 0.3 is 0 Å². The lowest BCUT2D eigenvalue weighted by Crippen LogP contribution is -2.40. The van der Waals surface area contributed by atoms with Gasteiger partial charge in [-0.3, -0.25) is 0 Å². The quantitative estimate of drug-likeness (QED) is 0.484. The Kier molecular flexibility index (Phi) is 5.82. The van der Waals surface area contributed by atoms with Crippen LogP contribution < -0.4 is 5.19 Å². The van der Waals surface area contributed by atoms with Crippen LogP contribution in [0, 0.1) is 6.92 Å². The third-order valence-electron chi connectivity index (χ3n) is 3.36. The Balaban J connectivity index is 2.35. The second kappa shape index (κ2) is 6.90. The van der Waals surface area contributed by atoms with E-state index < -0.39 is 8.07 Å². The Morgan fingerprint density at radius 2 is 1.56 bits per heavy atom. The normalized spacial score (nSPS) is 11.7. The molecule has 0 aliphatic carbocycles. The molecule has 1 radical (unpaired) electrons. The van der Waals surface area contributed by atoms with Gasteiger partial charge in [-0.05, 0) is 0 Å². The largest absolute Gasteiger partial charge is 0.0806 e. The van der Waals surface area contributed by atoms with Gasteiger partial charge in [0, 0.05) is 0 Å². The van der Waals surface area contributed by atoms with Crippen LogP contribution in [0.15, 0.2) is 30.3 Å². The van der Waals surface area contributed by atoms with Gasteiger partial charge < -0.3 is 0 Å². The summed E-state index contributed by atoms with van der Waals surface area (Å²) in [6, 6.07) is 12.5. The predicted octanol–water partition coefficient (Wildman–Crippen LogP) is 4.39. The van der Waals surface area contributed by atoms with E-state index >= 15 is 0 Å². The smallest absolute Gasteiger partial charge is 0.0654 e. The lowest BCUT2D eigenvalue weighted by Gasteiger charge is -2.22. The Morgan fingerprint density at radius 1 is 0.938 bits per heavy atom. The number of benzene rings is 1. The van der Waals surface area contributed by atoms with E-state index in [0.29, 0.717) is 0 Å². The van der Waals surface area contributed by atoms with E-state index in [1.54, 1.807) is 5.19 Å². The van der Waals surface area contributed by atoms with Crippen molar-refractivity contribution in [2.45, 2.75) is 51.2 Å². The molecule has 0 atom stereocenters. The van der Waals surface area contributed by atoms with Gasteiger partial charge in [0.2, 0.25) is 0 Å². The molecule has 0 heterocycles. The van der Waals surface area contributed by atoms with Crippen molar-refractivity contribution in [3.8, 4) is 0 Å². The molecule has 0 spiro atoms. The van der Waals surface area contributed by atoms with E-state index in [0.717, 1.165) is 6.42 Å². The summed E-state index contributed by atoms with van der Waals surface area (Å²) in [6.45, 7) is 8.87. The van der Waals surface area contributed by atoms with E-state index in [-0.39, 0.29) is 0 Å². The third kappa shape index (κ3) is 4.52. The fourth-order valence-electron chi connectivity index (χ4n) is 2.13. The van der Waals surface area contributed by atoms with Gasteiger partial charge in [-0.25, -0.2) is 0 Å². The van der Waals surface area contributed by atoms with Crippen LogP contribution in [0.2, 0.25) is 19.1 Å². The zero-order valence-electron chi connectivity index (χ0n) is 10.8. The first-order valence-electron chi connectivity index (χ1n) is 6.51. The zero-order valence-corrected chi connectivity index (χ0v) is 11.8. The van der Waals surface area contributed by atoms with E-state index in [2.05, 4.69) is 50.3 Å². The molecule has 0 unspecified atom stereocenters. The standard InChI is InChI=1S/C15H25Si/c1-4-5-6-7-11-14-16(2,3)15-12-9-8-10-13-15/h8-10,12-13H,1,4-7,11,14H2,2-3H3. The van der Waals surface area contributed by atoms with Crippen LogP contribution in [0.3, 0.4) is 0 Å². The number of unbranched alkanes of at least 4 members (excludes halogenated alkanes) is 4. The van der Waals surface area contributed by atoms with Crippen LogP contribution in [0.5, 0.6) is 0 Å². The summed E-state index contributed by atoms with van der Waals surface area (Å²) in [5.74, 6) is 0. The van der Waals surface area contributed by atoms with Crippen LogP contribution in [0.25, 0.3) is 0 Å². The lowest BCUT2D eigenvalue weighted by molar-refractivity contribution is 0.670. The minimum atomic E-state index is -1.16. The topological polar surface area (TPSA) is 0 Å². The third-order valence-corrected chi connectivity index (χ3v) is 6.86. The van der Waals surface area contributed by atoms with Crippen LogP contribution in [-0.4, -0.2) is 8.07 Å². The van der Waals surface area contributed by atoms with Crippen molar-refractivity contribution in [2.75, 3.05) is 0 Å². The summed E-state index contributed by atoms with van der Waals surface area (Å²) in [4.78, 5) is 0. The molecule has 0 amide bonds. The molecule has 1 rings (SSSR count). The van der Waals surface area contributed by atoms with Crippen LogP contribution in [0.4, 0.5) is 0 Å². The monoisotopic (exact) mass is 233 g/mol. The fourth-order valence-corrected chi connectivity index (χ4v) is 4.65. The second-order valence-electron chi connectivity index (χ2n) is 5.27. The van der Waals surface area contributed by atoms with Gasteiger partial charge in [0.05, 0.1) is 8.07 Å². The second-order valence-corrected chi connectivity index (χ2v) is 10.1. The van der Waals surface area contributed by atoms with E-state index in [1.807, 2.05) is 0 Å². The molecule has 16 heavy (non-hydrogen) atoms. The highest BCUT2D eigenvalue weighted by molar-refractivity contribution is 6.89. The molecular formula is C15H25Si. The van der Waals surface area contributed by atoms with Crippen LogP contribution in [-0.2, 0) is 0 Å². The molecule has 1 aromatic rings. The van der Waals surface area contributed by atoms with Crippen molar-refractivity contribution >= 4 is 13.3 Å². The van der Waals surface area contributed by atoms with Gasteiger partial charge in [0.15, 0.2) is 0 Å². The Labute approximate surface area is 102 Å². The molecule has 0 saturated carbocycles. The molecule has 0 N–H and O–H groups in total. The molecule has 0 aromatic heterocycles. The van der Waals surface area contributed by atoms with Crippen LogP contribution >= 0.6 is 0 Å². The maximum atomic E-state index is 3.89. The molecule has 89 valence electrons. The average Bonchev–Trinajstić information content (AvgIpc) is 2.30. The predicted molar refractivity (Wildman–Crippen MR) is 76.8 cm³/mol. The Hall–Kier alpha value is -0.563. The minimum Gasteiger partial charge on any atom is -0.0654 e. The van der Waals surface area contributed by atoms with E-state index in [4.69, 9.17) is 0 Å². The van der Waals surface area contributed by atoms with Crippen LogP contribution in [0.1, 0.15) is 32.1 Å². The number of rotatable bonds is 7. The first kappa shape index (κ1) is 13.5. The molecule has 0 aliphatic rings. The maximum Gasteiger partial charge on any atom is 0.0806 e.